The van der Waals surface area contributed by atoms with E-state index in [9.17, 15) is 23.8 Å². The number of alkyl halides is 1. The summed E-state index contributed by atoms with van der Waals surface area (Å²) in [5.74, 6) is -0.884. The number of carbonyl (C=O) groups excluding carboxylic acids is 2. The lowest BCUT2D eigenvalue weighted by molar-refractivity contribution is 0.0428. The number of aromatic nitrogens is 3. The van der Waals surface area contributed by atoms with Crippen LogP contribution in [0.25, 0.3) is 0 Å². The van der Waals surface area contributed by atoms with Gasteiger partial charge in [0.2, 0.25) is 0 Å². The van der Waals surface area contributed by atoms with Crippen LogP contribution in [0.1, 0.15) is 53.8 Å². The molecular formula is C25H35FN5O8PS. The van der Waals surface area contributed by atoms with Crippen molar-refractivity contribution in [2.45, 2.75) is 76.5 Å². The zero-order valence-electron chi connectivity index (χ0n) is 23.8. The molecule has 0 bridgehead atoms. The van der Waals surface area contributed by atoms with E-state index < -0.39 is 59.5 Å². The zero-order valence-corrected chi connectivity index (χ0v) is 25.5. The Hall–Kier alpha value is -3.00. The Kier molecular flexibility index (Phi) is 9.89. The molecule has 2 aromatic rings. The second-order valence-corrected chi connectivity index (χ2v) is 14.2. The summed E-state index contributed by atoms with van der Waals surface area (Å²) < 4.78 is 44.7. The van der Waals surface area contributed by atoms with E-state index >= 15 is 4.39 Å². The molecule has 2 N–H and O–H groups in total. The third-order valence-corrected chi connectivity index (χ3v) is 8.17. The third kappa shape index (κ3) is 8.99. The van der Waals surface area contributed by atoms with Crippen molar-refractivity contribution in [3.63, 3.8) is 0 Å². The number of anilines is 2. The number of halogens is 1. The maximum Gasteiger partial charge on any atom is 0.431 e. The lowest BCUT2D eigenvalue weighted by Gasteiger charge is -2.28. The van der Waals surface area contributed by atoms with Crippen molar-refractivity contribution in [1.82, 2.24) is 14.5 Å². The first-order valence-corrected chi connectivity index (χ1v) is 15.2. The number of nitrogens with zero attached hydrogens (tertiary/aromatic N) is 4. The van der Waals surface area contributed by atoms with E-state index in [4.69, 9.17) is 14.0 Å². The molecule has 3 heterocycles. The number of imide groups is 1. The van der Waals surface area contributed by atoms with Crippen molar-refractivity contribution in [1.29, 1.82) is 0 Å². The van der Waals surface area contributed by atoms with Gasteiger partial charge in [0.15, 0.2) is 5.82 Å². The summed E-state index contributed by atoms with van der Waals surface area (Å²) in [4.78, 5) is 57.2. The smallest absolute Gasteiger partial charge is 0.431 e. The summed E-state index contributed by atoms with van der Waals surface area (Å²) in [6, 6.07) is 5.96. The van der Waals surface area contributed by atoms with E-state index in [0.717, 1.165) is 16.3 Å². The largest absolute Gasteiger partial charge is 0.443 e. The Morgan fingerprint density at radius 2 is 1.76 bits per heavy atom. The molecule has 226 valence electrons. The highest BCUT2D eigenvalue weighted by atomic mass is 32.2. The minimum Gasteiger partial charge on any atom is -0.443 e. The van der Waals surface area contributed by atoms with Crippen molar-refractivity contribution in [2.24, 2.45) is 5.92 Å². The maximum atomic E-state index is 15.4. The number of ether oxygens (including phenoxy) is 2. The van der Waals surface area contributed by atoms with Gasteiger partial charge in [-0.1, -0.05) is 13.0 Å². The molecule has 3 rings (SSSR count). The summed E-state index contributed by atoms with van der Waals surface area (Å²) in [5, 5.41) is 0.672. The Labute approximate surface area is 241 Å². The van der Waals surface area contributed by atoms with Gasteiger partial charge in [0.05, 0.1) is 6.61 Å². The fraction of sp³-hybridized carbons (Fsp3) is 0.560. The van der Waals surface area contributed by atoms with Crippen LogP contribution in [0, 0.1) is 5.92 Å². The first-order chi connectivity index (χ1) is 18.9. The van der Waals surface area contributed by atoms with Gasteiger partial charge in [-0.2, -0.15) is 9.88 Å². The van der Waals surface area contributed by atoms with Crippen LogP contribution in [0.2, 0.25) is 0 Å². The average Bonchev–Trinajstić information content (AvgIpc) is 3.09. The van der Waals surface area contributed by atoms with Crippen molar-refractivity contribution in [3.8, 4) is 0 Å². The fourth-order valence-electron chi connectivity index (χ4n) is 3.63. The predicted molar refractivity (Wildman–Crippen MR) is 152 cm³/mol. The van der Waals surface area contributed by atoms with E-state index in [1.807, 2.05) is 0 Å². The number of pyridine rings is 1. The molecule has 13 nitrogen and oxygen atoms in total. The van der Waals surface area contributed by atoms with Gasteiger partial charge in [0.1, 0.15) is 28.6 Å². The molecule has 1 aliphatic rings. The normalized spacial score (nSPS) is 22.5. The lowest BCUT2D eigenvalue weighted by atomic mass is 10.0. The van der Waals surface area contributed by atoms with Gasteiger partial charge in [-0.05, 0) is 59.7 Å². The number of nitrogens with one attached hydrogen (secondary N) is 1. The number of rotatable bonds is 7. The number of hydrogen-bond donors (Lipinski definition) is 2. The second-order valence-electron chi connectivity index (χ2n) is 11.3. The Balaban J connectivity index is 1.79. The Morgan fingerprint density at radius 3 is 2.27 bits per heavy atom. The molecule has 0 aromatic carbocycles. The molecule has 0 radical (unpaired) electrons. The molecule has 0 saturated carbocycles. The number of thioether (sulfide) groups is 1. The van der Waals surface area contributed by atoms with Crippen molar-refractivity contribution >= 4 is 43.3 Å². The van der Waals surface area contributed by atoms with E-state index in [1.54, 1.807) is 60.6 Å². The van der Waals surface area contributed by atoms with Crippen LogP contribution >= 0.6 is 19.5 Å². The molecule has 1 aliphatic heterocycles. The monoisotopic (exact) mass is 615 g/mol. The maximum absolute atomic E-state index is 15.4. The summed E-state index contributed by atoms with van der Waals surface area (Å²) in [5.41, 5.74) is -2.86. The zero-order chi connectivity index (χ0) is 30.8. The molecule has 5 atom stereocenters. The van der Waals surface area contributed by atoms with Gasteiger partial charge >= 0.3 is 25.6 Å². The second kappa shape index (κ2) is 12.5. The Morgan fingerprint density at radius 1 is 1.15 bits per heavy atom. The molecule has 16 heteroatoms. The van der Waals surface area contributed by atoms with Gasteiger partial charge in [-0.25, -0.2) is 28.3 Å². The summed E-state index contributed by atoms with van der Waals surface area (Å²) in [7, 11) is -4.30. The van der Waals surface area contributed by atoms with Crippen LogP contribution < -0.4 is 15.7 Å². The molecule has 1 saturated heterocycles. The van der Waals surface area contributed by atoms with Crippen LogP contribution in [-0.2, 0) is 18.6 Å². The highest BCUT2D eigenvalue weighted by Crippen LogP contribution is 2.49. The quantitative estimate of drug-likeness (QED) is 0.396. The minimum absolute atomic E-state index is 0.135. The molecule has 1 unspecified atom stereocenters. The standard InChI is InChI=1S/C25H35FN5O8PS/c1-15-16(14-37-40(35,36)29-17-10-8-9-12-27-17)41-20(19(15)26)30-13-11-18(28-21(30)32)31(22(33)38-24(2,3)4)23(34)39-25(5,6)7/h8-13,15-16,19-20H,14H2,1-7H3,(H2,27,29,35,36)/t15-,16-,19+,20-/m1/s1. The fourth-order valence-corrected chi connectivity index (χ4v) is 6.17. The molecule has 41 heavy (non-hydrogen) atoms. The van der Waals surface area contributed by atoms with Crippen LogP contribution in [-0.4, -0.2) is 60.8 Å². The van der Waals surface area contributed by atoms with E-state index in [2.05, 4.69) is 15.1 Å². The van der Waals surface area contributed by atoms with Crippen LogP contribution in [0.4, 0.5) is 25.6 Å². The molecular weight excluding hydrogens is 580 g/mol. The van der Waals surface area contributed by atoms with Gasteiger partial charge in [-0.3, -0.25) is 14.2 Å². The van der Waals surface area contributed by atoms with E-state index in [-0.39, 0.29) is 18.2 Å². The van der Waals surface area contributed by atoms with Gasteiger partial charge in [0, 0.05) is 23.6 Å². The average molecular weight is 616 g/mol. The van der Waals surface area contributed by atoms with E-state index in [1.165, 1.54) is 24.5 Å². The van der Waals surface area contributed by atoms with Crippen LogP contribution in [0.3, 0.4) is 0 Å². The van der Waals surface area contributed by atoms with Gasteiger partial charge in [-0.15, -0.1) is 11.8 Å². The highest BCUT2D eigenvalue weighted by Gasteiger charge is 2.44. The van der Waals surface area contributed by atoms with Gasteiger partial charge in [0.25, 0.3) is 0 Å². The summed E-state index contributed by atoms with van der Waals surface area (Å²) in [6.07, 6.45) is -1.10. The molecule has 0 spiro atoms. The number of amides is 2. The number of hydrogen-bond acceptors (Lipinski definition) is 10. The van der Waals surface area contributed by atoms with E-state index in [0.29, 0.717) is 4.90 Å². The van der Waals surface area contributed by atoms with Crippen LogP contribution in [0.15, 0.2) is 41.5 Å². The summed E-state index contributed by atoms with van der Waals surface area (Å²) in [6.45, 7) is 10.9. The number of carbonyl (C=O) groups is 2. The minimum atomic E-state index is -4.30. The highest BCUT2D eigenvalue weighted by molar-refractivity contribution is 8.00. The first kappa shape index (κ1) is 32.5. The van der Waals surface area contributed by atoms with Gasteiger partial charge < -0.3 is 14.4 Å². The third-order valence-electron chi connectivity index (χ3n) is 5.48. The molecule has 1 fully saturated rings. The van der Waals surface area contributed by atoms with Crippen molar-refractivity contribution in [2.75, 3.05) is 16.6 Å². The lowest BCUT2D eigenvalue weighted by Crippen LogP contribution is -2.45. The van der Waals surface area contributed by atoms with Crippen molar-refractivity contribution in [3.05, 3.63) is 47.1 Å². The molecule has 2 aromatic heterocycles. The predicted octanol–water partition coefficient (Wildman–Crippen LogP) is 5.13. The van der Waals surface area contributed by atoms with Crippen LogP contribution in [0.5, 0.6) is 0 Å². The molecule has 2 amide bonds. The first-order valence-electron chi connectivity index (χ1n) is 12.7. The SMILES string of the molecule is C[C@H]1[C@H](F)[C@H](n2ccc(N(C(=O)OC(C)(C)C)C(=O)OC(C)(C)C)nc2=O)S[C@@H]1COP(=O)(O)Nc1ccccn1. The Bertz CT molecular complexity index is 1320. The molecule has 0 aliphatic carbocycles. The summed E-state index contributed by atoms with van der Waals surface area (Å²) >= 11 is 1.03. The topological polar surface area (TPSA) is 162 Å². The van der Waals surface area contributed by atoms with Crippen molar-refractivity contribution < 1.29 is 37.4 Å².